The number of primary amides is 2. The number of amides is 2. The monoisotopic (exact) mass is 201 g/mol. The predicted octanol–water partition coefficient (Wildman–Crippen LogP) is 0.289. The first-order chi connectivity index (χ1) is 6.54. The lowest BCUT2D eigenvalue weighted by Gasteiger charge is -1.94. The number of nitrogens with two attached hydrogens (primary N) is 2. The van der Waals surface area contributed by atoms with Crippen LogP contribution in [0, 0.1) is 11.8 Å². The van der Waals surface area contributed by atoms with Crippen LogP contribution in [0.3, 0.4) is 0 Å². The average molecular weight is 201 g/mol. The minimum atomic E-state index is -0.833. The fourth-order valence-corrected chi connectivity index (χ4v) is 0.254. The molecule has 0 rings (SSSR count). The van der Waals surface area contributed by atoms with Crippen molar-refractivity contribution in [1.29, 1.82) is 5.26 Å². The molecule has 6 nitrogen and oxygen atoms in total. The molecule has 0 saturated carbocycles. The zero-order valence-electron chi connectivity index (χ0n) is 8.10. The number of nitriles is 1. The molecule has 14 heavy (non-hydrogen) atoms. The summed E-state index contributed by atoms with van der Waals surface area (Å²) in [6, 6.07) is -0.833. The summed E-state index contributed by atoms with van der Waals surface area (Å²) in [6.07, 6.45) is 1.99. The third-order valence-corrected chi connectivity index (χ3v) is 0.651. The highest BCUT2D eigenvalue weighted by Gasteiger charge is 1.92. The molecule has 2 amide bonds. The molecule has 0 unspecified atom stereocenters. The molecule has 0 aliphatic heterocycles. The first kappa shape index (κ1) is 17.9. The minimum absolute atomic E-state index is 0.176. The zero-order valence-corrected chi connectivity index (χ0v) is 8.10. The van der Waals surface area contributed by atoms with Gasteiger partial charge in [-0.05, 0) is 0 Å². The third-order valence-electron chi connectivity index (χ3n) is 0.651. The molecule has 4 N–H and O–H groups in total. The number of esters is 1. The number of hydrogen-bond acceptors (Lipinski definition) is 4. The van der Waals surface area contributed by atoms with Gasteiger partial charge in [0.2, 0.25) is 0 Å². The maximum atomic E-state index is 10.3. The molecule has 0 bridgehead atoms. The van der Waals surface area contributed by atoms with Crippen LogP contribution in [-0.2, 0) is 9.53 Å². The van der Waals surface area contributed by atoms with E-state index in [1.165, 1.54) is 0 Å². The Morgan fingerprint density at radius 3 is 2.07 bits per heavy atom. The van der Waals surface area contributed by atoms with E-state index >= 15 is 0 Å². The summed E-state index contributed by atoms with van der Waals surface area (Å²) in [4.78, 5) is 19.3. The van der Waals surface area contributed by atoms with Crippen LogP contribution in [0.1, 0.15) is 13.3 Å². The number of carbonyl (C=O) groups excluding carboxylic acids is 2. The molecule has 0 aromatic carbocycles. The Bertz CT molecular complexity index is 186. The summed E-state index contributed by atoms with van der Waals surface area (Å²) in [5, 5.41) is 6.50. The number of urea groups is 1. The standard InChI is InChI=1S/C6H10O2.CH4N2O.CHN/c1-3-5-8-6(7)4-2;2-1(3)4;1-2/h3H,1,4-5H2,2H3;(H4,2,3,4);1H. The number of hydrogen-bond donors (Lipinski definition) is 2. The van der Waals surface area contributed by atoms with E-state index in [1.54, 1.807) is 13.0 Å². The van der Waals surface area contributed by atoms with Crippen LogP contribution in [0.4, 0.5) is 4.79 Å². The lowest BCUT2D eigenvalue weighted by Crippen LogP contribution is -2.18. The molecule has 0 fully saturated rings. The van der Waals surface area contributed by atoms with Crippen molar-refractivity contribution in [3.8, 4) is 6.57 Å². The van der Waals surface area contributed by atoms with Gasteiger partial charge < -0.3 is 16.2 Å². The Morgan fingerprint density at radius 2 is 1.86 bits per heavy atom. The number of nitrogens with zero attached hydrogens (tertiary/aromatic N) is 1. The summed E-state index contributed by atoms with van der Waals surface area (Å²) < 4.78 is 4.58. The van der Waals surface area contributed by atoms with E-state index in [0.717, 1.165) is 0 Å². The van der Waals surface area contributed by atoms with Gasteiger partial charge >= 0.3 is 12.0 Å². The molecule has 0 aliphatic carbocycles. The molecule has 0 spiro atoms. The Labute approximate surface area is 83.1 Å². The first-order valence-electron chi connectivity index (χ1n) is 3.61. The van der Waals surface area contributed by atoms with E-state index in [9.17, 15) is 4.79 Å². The fraction of sp³-hybridized carbons (Fsp3) is 0.375. The molecule has 0 saturated heterocycles. The molecular weight excluding hydrogens is 186 g/mol. The molecule has 0 aliphatic rings. The van der Waals surface area contributed by atoms with Gasteiger partial charge in [0, 0.05) is 13.0 Å². The van der Waals surface area contributed by atoms with Gasteiger partial charge in [0.1, 0.15) is 6.61 Å². The average Bonchev–Trinajstić information content (AvgIpc) is 2.16. The number of rotatable bonds is 3. The zero-order chi connectivity index (χ0) is 12.0. The largest absolute Gasteiger partial charge is 0.461 e. The summed E-state index contributed by atoms with van der Waals surface area (Å²) in [5.41, 5.74) is 8.50. The van der Waals surface area contributed by atoms with Crippen molar-refractivity contribution in [2.45, 2.75) is 13.3 Å². The van der Waals surface area contributed by atoms with E-state index in [1.807, 2.05) is 0 Å². The van der Waals surface area contributed by atoms with E-state index in [2.05, 4.69) is 29.4 Å². The van der Waals surface area contributed by atoms with Crippen LogP contribution in [0.5, 0.6) is 0 Å². The van der Waals surface area contributed by atoms with Crippen LogP contribution in [0.15, 0.2) is 12.7 Å². The second-order valence-corrected chi connectivity index (χ2v) is 1.73. The molecule has 0 aromatic rings. The van der Waals surface area contributed by atoms with Gasteiger partial charge in [-0.15, -0.1) is 0 Å². The lowest BCUT2D eigenvalue weighted by molar-refractivity contribution is -0.141. The summed E-state index contributed by atoms with van der Waals surface area (Å²) in [7, 11) is 0. The molecule has 0 radical (unpaired) electrons. The van der Waals surface area contributed by atoms with E-state index in [0.29, 0.717) is 13.0 Å². The highest BCUT2D eigenvalue weighted by molar-refractivity contribution is 5.69. The SMILES string of the molecule is C#N.C=CCOC(=O)CC.NC(N)=O. The maximum absolute atomic E-state index is 10.3. The van der Waals surface area contributed by atoms with E-state index < -0.39 is 6.03 Å². The predicted molar refractivity (Wildman–Crippen MR) is 51.9 cm³/mol. The normalized spacial score (nSPS) is 6.50. The minimum Gasteiger partial charge on any atom is -0.461 e. The van der Waals surface area contributed by atoms with Crippen molar-refractivity contribution >= 4 is 12.0 Å². The topological polar surface area (TPSA) is 119 Å². The quantitative estimate of drug-likeness (QED) is 0.503. The van der Waals surface area contributed by atoms with Gasteiger partial charge in [0.25, 0.3) is 0 Å². The van der Waals surface area contributed by atoms with E-state index in [4.69, 9.17) is 10.1 Å². The van der Waals surface area contributed by atoms with Crippen molar-refractivity contribution < 1.29 is 14.3 Å². The highest BCUT2D eigenvalue weighted by atomic mass is 16.5. The summed E-state index contributed by atoms with van der Waals surface area (Å²) in [6.45, 7) is 8.97. The molecule has 80 valence electrons. The van der Waals surface area contributed by atoms with Crippen LogP contribution < -0.4 is 11.5 Å². The van der Waals surface area contributed by atoms with Gasteiger partial charge in [0.05, 0.1) is 0 Å². The summed E-state index contributed by atoms with van der Waals surface area (Å²) >= 11 is 0. The van der Waals surface area contributed by atoms with Crippen LogP contribution >= 0.6 is 0 Å². The van der Waals surface area contributed by atoms with Crippen molar-refractivity contribution in [3.05, 3.63) is 12.7 Å². The van der Waals surface area contributed by atoms with E-state index in [-0.39, 0.29) is 5.97 Å². The second kappa shape index (κ2) is 17.2. The number of ether oxygens (including phenoxy) is 1. The molecule has 0 aromatic heterocycles. The van der Waals surface area contributed by atoms with Crippen LogP contribution in [-0.4, -0.2) is 18.6 Å². The number of carbonyl (C=O) groups is 2. The Balaban J connectivity index is -0.000000170. The third kappa shape index (κ3) is 50.9. The van der Waals surface area contributed by atoms with Gasteiger partial charge in [-0.1, -0.05) is 19.6 Å². The van der Waals surface area contributed by atoms with Gasteiger partial charge in [-0.3, -0.25) is 4.79 Å². The van der Waals surface area contributed by atoms with Gasteiger partial charge in [-0.2, -0.15) is 0 Å². The highest BCUT2D eigenvalue weighted by Crippen LogP contribution is 1.82. The van der Waals surface area contributed by atoms with Crippen LogP contribution in [0.25, 0.3) is 0 Å². The van der Waals surface area contributed by atoms with Crippen LogP contribution in [0.2, 0.25) is 0 Å². The second-order valence-electron chi connectivity index (χ2n) is 1.73. The lowest BCUT2D eigenvalue weighted by atomic mass is 10.5. The fourth-order valence-electron chi connectivity index (χ4n) is 0.254. The van der Waals surface area contributed by atoms with Crippen molar-refractivity contribution in [2.75, 3.05) is 6.61 Å². The van der Waals surface area contributed by atoms with Gasteiger partial charge in [0.15, 0.2) is 0 Å². The Morgan fingerprint density at radius 1 is 1.50 bits per heavy atom. The molecule has 0 atom stereocenters. The summed E-state index contributed by atoms with van der Waals surface area (Å²) in [5.74, 6) is -0.176. The van der Waals surface area contributed by atoms with Crippen molar-refractivity contribution in [2.24, 2.45) is 11.5 Å². The van der Waals surface area contributed by atoms with Gasteiger partial charge in [-0.25, -0.2) is 10.1 Å². The van der Waals surface area contributed by atoms with Crippen molar-refractivity contribution in [1.82, 2.24) is 0 Å². The molecule has 6 heteroatoms. The maximum Gasteiger partial charge on any atom is 0.309 e. The molecular formula is C8H15N3O3. The smallest absolute Gasteiger partial charge is 0.309 e. The Kier molecular flexibility index (Phi) is 22.0. The molecule has 0 heterocycles. The van der Waals surface area contributed by atoms with Crippen molar-refractivity contribution in [3.63, 3.8) is 0 Å². The Hall–Kier alpha value is -2.03. The first-order valence-corrected chi connectivity index (χ1v) is 3.61.